The van der Waals surface area contributed by atoms with Gasteiger partial charge in [0.1, 0.15) is 5.82 Å². The number of piperidine rings is 1. The van der Waals surface area contributed by atoms with Crippen LogP contribution in [0, 0.1) is 11.2 Å². The molecule has 1 fully saturated rings. The summed E-state index contributed by atoms with van der Waals surface area (Å²) in [6.07, 6.45) is 2.32. The Bertz CT molecular complexity index is 465. The lowest BCUT2D eigenvalue weighted by Crippen LogP contribution is -2.52. The van der Waals surface area contributed by atoms with Gasteiger partial charge >= 0.3 is 0 Å². The zero-order valence-electron chi connectivity index (χ0n) is 11.9. The highest BCUT2D eigenvalue weighted by molar-refractivity contribution is 5.94. The van der Waals surface area contributed by atoms with Crippen molar-refractivity contribution in [3.05, 3.63) is 35.6 Å². The number of halogens is 2. The number of nitrogens with one attached hydrogen (secondary N) is 2. The third-order valence-electron chi connectivity index (χ3n) is 3.89. The number of rotatable bonds is 3. The van der Waals surface area contributed by atoms with Gasteiger partial charge in [-0.15, -0.1) is 12.4 Å². The van der Waals surface area contributed by atoms with E-state index in [0.717, 1.165) is 13.0 Å². The van der Waals surface area contributed by atoms with Crippen LogP contribution < -0.4 is 10.6 Å². The molecule has 1 unspecified atom stereocenters. The lowest BCUT2D eigenvalue weighted by molar-refractivity contribution is 0.0928. The fourth-order valence-corrected chi connectivity index (χ4v) is 2.55. The number of hydrogen-bond donors (Lipinski definition) is 2. The molecule has 0 radical (unpaired) electrons. The van der Waals surface area contributed by atoms with E-state index in [1.807, 2.05) is 0 Å². The Morgan fingerprint density at radius 3 is 2.90 bits per heavy atom. The van der Waals surface area contributed by atoms with Crippen LogP contribution in [0.5, 0.6) is 0 Å². The molecule has 1 amide bonds. The maximum Gasteiger partial charge on any atom is 0.251 e. The van der Waals surface area contributed by atoms with Gasteiger partial charge in [0.25, 0.3) is 5.91 Å². The van der Waals surface area contributed by atoms with Crippen LogP contribution in [0.1, 0.15) is 37.0 Å². The number of amides is 1. The molecular formula is C15H22ClFN2O. The van der Waals surface area contributed by atoms with Crippen LogP contribution in [0.3, 0.4) is 0 Å². The normalized spacial score (nSPS) is 20.9. The SMILES string of the molecule is CC1(C)CCCNC1CNC(=O)c1cccc(F)c1.Cl. The molecule has 2 N–H and O–H groups in total. The monoisotopic (exact) mass is 300 g/mol. The van der Waals surface area contributed by atoms with Crippen LogP contribution in [0.4, 0.5) is 4.39 Å². The molecule has 5 heteroatoms. The second kappa shape index (κ2) is 7.04. The molecule has 1 saturated heterocycles. The second-order valence-corrected chi connectivity index (χ2v) is 5.82. The molecule has 1 heterocycles. The predicted molar refractivity (Wildman–Crippen MR) is 80.8 cm³/mol. The Morgan fingerprint density at radius 2 is 2.25 bits per heavy atom. The highest BCUT2D eigenvalue weighted by atomic mass is 35.5. The standard InChI is InChI=1S/C15H21FN2O.ClH/c1-15(2)7-4-8-17-13(15)10-18-14(19)11-5-3-6-12(16)9-11;/h3,5-6,9,13,17H,4,7-8,10H2,1-2H3,(H,18,19);1H. The van der Waals surface area contributed by atoms with E-state index in [2.05, 4.69) is 24.5 Å². The third kappa shape index (κ3) is 4.18. The summed E-state index contributed by atoms with van der Waals surface area (Å²) >= 11 is 0. The van der Waals surface area contributed by atoms with Crippen molar-refractivity contribution in [2.24, 2.45) is 5.41 Å². The molecule has 0 bridgehead atoms. The number of hydrogen-bond acceptors (Lipinski definition) is 2. The van der Waals surface area contributed by atoms with Crippen molar-refractivity contribution in [3.8, 4) is 0 Å². The first-order chi connectivity index (χ1) is 8.99. The molecule has 2 rings (SSSR count). The van der Waals surface area contributed by atoms with Crippen molar-refractivity contribution >= 4 is 18.3 Å². The van der Waals surface area contributed by atoms with E-state index in [0.29, 0.717) is 12.1 Å². The van der Waals surface area contributed by atoms with E-state index in [1.165, 1.54) is 18.6 Å². The molecule has 1 aliphatic heterocycles. The van der Waals surface area contributed by atoms with Crippen LogP contribution in [-0.4, -0.2) is 25.0 Å². The minimum Gasteiger partial charge on any atom is -0.350 e. The molecule has 0 aromatic heterocycles. The van der Waals surface area contributed by atoms with Crippen molar-refractivity contribution < 1.29 is 9.18 Å². The molecular weight excluding hydrogens is 279 g/mol. The smallest absolute Gasteiger partial charge is 0.251 e. The van der Waals surface area contributed by atoms with Gasteiger partial charge in [0, 0.05) is 18.2 Å². The molecule has 0 aliphatic carbocycles. The van der Waals surface area contributed by atoms with Crippen LogP contribution in [-0.2, 0) is 0 Å². The van der Waals surface area contributed by atoms with E-state index < -0.39 is 0 Å². The Hall–Kier alpha value is -1.13. The molecule has 1 aromatic rings. The summed E-state index contributed by atoms with van der Waals surface area (Å²) in [6.45, 7) is 5.97. The highest BCUT2D eigenvalue weighted by Crippen LogP contribution is 2.29. The number of benzene rings is 1. The largest absolute Gasteiger partial charge is 0.350 e. The summed E-state index contributed by atoms with van der Waals surface area (Å²) < 4.78 is 13.1. The fourth-order valence-electron chi connectivity index (χ4n) is 2.55. The van der Waals surface area contributed by atoms with E-state index in [1.54, 1.807) is 12.1 Å². The van der Waals surface area contributed by atoms with Gasteiger partial charge in [-0.2, -0.15) is 0 Å². The summed E-state index contributed by atoms with van der Waals surface area (Å²) in [5, 5.41) is 6.32. The summed E-state index contributed by atoms with van der Waals surface area (Å²) in [4.78, 5) is 11.9. The average Bonchev–Trinajstić information content (AvgIpc) is 2.36. The lowest BCUT2D eigenvalue weighted by atomic mass is 9.77. The Kier molecular flexibility index (Phi) is 5.96. The number of carbonyl (C=O) groups is 1. The molecule has 112 valence electrons. The fraction of sp³-hybridized carbons (Fsp3) is 0.533. The van der Waals surface area contributed by atoms with Crippen LogP contribution in [0.15, 0.2) is 24.3 Å². The molecule has 1 aromatic carbocycles. The van der Waals surface area contributed by atoms with Crippen LogP contribution in [0.25, 0.3) is 0 Å². The molecule has 0 spiro atoms. The summed E-state index contributed by atoms with van der Waals surface area (Å²) in [6, 6.07) is 6.03. The first-order valence-electron chi connectivity index (χ1n) is 6.76. The second-order valence-electron chi connectivity index (χ2n) is 5.82. The maximum absolute atomic E-state index is 13.1. The predicted octanol–water partition coefficient (Wildman–Crippen LogP) is 2.76. The molecule has 20 heavy (non-hydrogen) atoms. The van der Waals surface area contributed by atoms with E-state index in [9.17, 15) is 9.18 Å². The topological polar surface area (TPSA) is 41.1 Å². The van der Waals surface area contributed by atoms with Crippen molar-refractivity contribution in [3.63, 3.8) is 0 Å². The van der Waals surface area contributed by atoms with Crippen LogP contribution in [0.2, 0.25) is 0 Å². The maximum atomic E-state index is 13.1. The summed E-state index contributed by atoms with van der Waals surface area (Å²) in [5.74, 6) is -0.605. The van der Waals surface area contributed by atoms with Crippen LogP contribution >= 0.6 is 12.4 Å². The molecule has 1 aliphatic rings. The van der Waals surface area contributed by atoms with Gasteiger partial charge < -0.3 is 10.6 Å². The third-order valence-corrected chi connectivity index (χ3v) is 3.89. The highest BCUT2D eigenvalue weighted by Gasteiger charge is 2.31. The van der Waals surface area contributed by atoms with E-state index in [-0.39, 0.29) is 35.6 Å². The van der Waals surface area contributed by atoms with Crippen molar-refractivity contribution in [1.29, 1.82) is 0 Å². The zero-order valence-corrected chi connectivity index (χ0v) is 12.7. The van der Waals surface area contributed by atoms with E-state index >= 15 is 0 Å². The Labute approximate surface area is 125 Å². The summed E-state index contributed by atoms with van der Waals surface area (Å²) in [5.41, 5.74) is 0.543. The Balaban J connectivity index is 0.00000200. The van der Waals surface area contributed by atoms with Gasteiger partial charge in [0.2, 0.25) is 0 Å². The zero-order chi connectivity index (χ0) is 13.9. The minimum absolute atomic E-state index is 0. The lowest BCUT2D eigenvalue weighted by Gasteiger charge is -2.39. The summed E-state index contributed by atoms with van der Waals surface area (Å²) in [7, 11) is 0. The van der Waals surface area contributed by atoms with E-state index in [4.69, 9.17) is 0 Å². The van der Waals surface area contributed by atoms with Crippen molar-refractivity contribution in [2.45, 2.75) is 32.7 Å². The Morgan fingerprint density at radius 1 is 1.50 bits per heavy atom. The average molecular weight is 301 g/mol. The molecule has 3 nitrogen and oxygen atoms in total. The van der Waals surface area contributed by atoms with Crippen molar-refractivity contribution in [2.75, 3.05) is 13.1 Å². The molecule has 0 saturated carbocycles. The minimum atomic E-state index is -0.385. The van der Waals surface area contributed by atoms with Gasteiger partial charge in [0.05, 0.1) is 0 Å². The van der Waals surface area contributed by atoms with Gasteiger partial charge in [0.15, 0.2) is 0 Å². The van der Waals surface area contributed by atoms with Gasteiger partial charge in [-0.25, -0.2) is 4.39 Å². The number of carbonyl (C=O) groups excluding carboxylic acids is 1. The first kappa shape index (κ1) is 16.9. The van der Waals surface area contributed by atoms with Gasteiger partial charge in [-0.3, -0.25) is 4.79 Å². The van der Waals surface area contributed by atoms with Gasteiger partial charge in [-0.05, 0) is 43.0 Å². The van der Waals surface area contributed by atoms with Gasteiger partial charge in [-0.1, -0.05) is 19.9 Å². The quantitative estimate of drug-likeness (QED) is 0.901. The first-order valence-corrected chi connectivity index (χ1v) is 6.76. The molecule has 1 atom stereocenters. The van der Waals surface area contributed by atoms with Crippen molar-refractivity contribution in [1.82, 2.24) is 10.6 Å².